The van der Waals surface area contributed by atoms with Crippen LogP contribution in [0, 0.1) is 11.7 Å². The van der Waals surface area contributed by atoms with E-state index in [4.69, 9.17) is 0 Å². The zero-order valence-corrected chi connectivity index (χ0v) is 11.6. The minimum absolute atomic E-state index is 0.162. The predicted octanol–water partition coefficient (Wildman–Crippen LogP) is 2.29. The van der Waals surface area contributed by atoms with Gasteiger partial charge in [-0.3, -0.25) is 4.90 Å². The number of aromatic nitrogens is 2. The van der Waals surface area contributed by atoms with Crippen LogP contribution in [0.1, 0.15) is 25.6 Å². The standard InChI is InChI=1S/C15H20FN3O/c1-10-4-3-7-19(13(10)9-20)8-14-17-12-6-2-5-11(16)15(12)18-14/h2,5-6,10,13,20H,3-4,7-9H2,1H3,(H,17,18). The van der Waals surface area contributed by atoms with E-state index >= 15 is 0 Å². The van der Waals surface area contributed by atoms with E-state index < -0.39 is 0 Å². The van der Waals surface area contributed by atoms with Crippen molar-refractivity contribution in [3.8, 4) is 0 Å². The number of aromatic amines is 1. The summed E-state index contributed by atoms with van der Waals surface area (Å²) in [6, 6.07) is 5.10. The summed E-state index contributed by atoms with van der Waals surface area (Å²) in [5.41, 5.74) is 1.12. The summed E-state index contributed by atoms with van der Waals surface area (Å²) in [4.78, 5) is 9.75. The lowest BCUT2D eigenvalue weighted by atomic mass is 9.91. The van der Waals surface area contributed by atoms with Crippen molar-refractivity contribution >= 4 is 11.0 Å². The van der Waals surface area contributed by atoms with E-state index in [1.807, 2.05) is 6.07 Å². The van der Waals surface area contributed by atoms with Crippen LogP contribution < -0.4 is 0 Å². The Kier molecular flexibility index (Phi) is 3.72. The molecule has 108 valence electrons. The normalized spacial score (nSPS) is 24.4. The zero-order valence-electron chi connectivity index (χ0n) is 11.6. The van der Waals surface area contributed by atoms with Gasteiger partial charge >= 0.3 is 0 Å². The van der Waals surface area contributed by atoms with Crippen molar-refractivity contribution in [3.63, 3.8) is 0 Å². The first-order valence-electron chi connectivity index (χ1n) is 7.17. The SMILES string of the molecule is CC1CCCN(Cc2nc3c(F)cccc3[nH]2)C1CO. The molecule has 2 heterocycles. The fraction of sp³-hybridized carbons (Fsp3) is 0.533. The maximum Gasteiger partial charge on any atom is 0.151 e. The second kappa shape index (κ2) is 5.50. The van der Waals surface area contributed by atoms with Gasteiger partial charge in [-0.15, -0.1) is 0 Å². The molecule has 20 heavy (non-hydrogen) atoms. The topological polar surface area (TPSA) is 52.2 Å². The molecule has 0 bridgehead atoms. The Bertz CT molecular complexity index is 598. The van der Waals surface area contributed by atoms with E-state index in [0.29, 0.717) is 18.0 Å². The van der Waals surface area contributed by atoms with E-state index in [-0.39, 0.29) is 18.5 Å². The third-order valence-electron chi connectivity index (χ3n) is 4.28. The number of hydrogen-bond donors (Lipinski definition) is 2. The van der Waals surface area contributed by atoms with Gasteiger partial charge in [-0.2, -0.15) is 0 Å². The molecule has 0 radical (unpaired) electrons. The Morgan fingerprint density at radius 1 is 1.50 bits per heavy atom. The highest BCUT2D eigenvalue weighted by molar-refractivity contribution is 5.75. The van der Waals surface area contributed by atoms with Gasteiger partial charge in [0, 0.05) is 6.04 Å². The van der Waals surface area contributed by atoms with E-state index in [9.17, 15) is 9.50 Å². The first-order chi connectivity index (χ1) is 9.69. The third kappa shape index (κ3) is 2.43. The van der Waals surface area contributed by atoms with E-state index in [1.54, 1.807) is 6.07 Å². The molecule has 1 saturated heterocycles. The summed E-state index contributed by atoms with van der Waals surface area (Å²) in [5, 5.41) is 9.56. The zero-order chi connectivity index (χ0) is 14.1. The Balaban J connectivity index is 1.83. The summed E-state index contributed by atoms with van der Waals surface area (Å²) in [6.45, 7) is 3.92. The highest BCUT2D eigenvalue weighted by Crippen LogP contribution is 2.25. The van der Waals surface area contributed by atoms with Crippen LogP contribution in [-0.4, -0.2) is 39.2 Å². The van der Waals surface area contributed by atoms with Gasteiger partial charge in [0.1, 0.15) is 11.3 Å². The van der Waals surface area contributed by atoms with Crippen LogP contribution in [0.15, 0.2) is 18.2 Å². The molecule has 3 rings (SSSR count). The Labute approximate surface area is 117 Å². The number of rotatable bonds is 3. The molecule has 5 heteroatoms. The van der Waals surface area contributed by atoms with Crippen molar-refractivity contribution < 1.29 is 9.50 Å². The largest absolute Gasteiger partial charge is 0.395 e. The Morgan fingerprint density at radius 3 is 3.10 bits per heavy atom. The van der Waals surface area contributed by atoms with Crippen LogP contribution in [0.2, 0.25) is 0 Å². The number of benzene rings is 1. The number of halogens is 1. The summed E-state index contributed by atoms with van der Waals surface area (Å²) in [7, 11) is 0. The Hall–Kier alpha value is -1.46. The average molecular weight is 277 g/mol. The first-order valence-corrected chi connectivity index (χ1v) is 7.17. The molecule has 0 spiro atoms. The van der Waals surface area contributed by atoms with Gasteiger partial charge in [0.05, 0.1) is 18.7 Å². The molecule has 0 saturated carbocycles. The number of fused-ring (bicyclic) bond motifs is 1. The van der Waals surface area contributed by atoms with Crippen molar-refractivity contribution in [1.82, 2.24) is 14.9 Å². The summed E-state index contributed by atoms with van der Waals surface area (Å²) in [6.07, 6.45) is 2.28. The van der Waals surface area contributed by atoms with E-state index in [1.165, 1.54) is 6.07 Å². The van der Waals surface area contributed by atoms with Crippen molar-refractivity contribution in [2.45, 2.75) is 32.4 Å². The molecule has 1 aromatic carbocycles. The molecular formula is C15H20FN3O. The smallest absolute Gasteiger partial charge is 0.151 e. The molecule has 4 nitrogen and oxygen atoms in total. The number of nitrogens with one attached hydrogen (secondary N) is 1. The number of aliphatic hydroxyl groups excluding tert-OH is 1. The summed E-state index contributed by atoms with van der Waals surface area (Å²) >= 11 is 0. The van der Waals surface area contributed by atoms with Crippen LogP contribution in [0.5, 0.6) is 0 Å². The number of hydrogen-bond acceptors (Lipinski definition) is 3. The van der Waals surface area contributed by atoms with Crippen LogP contribution in [0.25, 0.3) is 11.0 Å². The lowest BCUT2D eigenvalue weighted by Crippen LogP contribution is -2.46. The summed E-state index contributed by atoms with van der Waals surface area (Å²) in [5.74, 6) is 0.947. The molecule has 1 aliphatic heterocycles. The van der Waals surface area contributed by atoms with Gasteiger partial charge < -0.3 is 10.1 Å². The maximum atomic E-state index is 13.6. The van der Waals surface area contributed by atoms with Gasteiger partial charge in [0.25, 0.3) is 0 Å². The highest BCUT2D eigenvalue weighted by Gasteiger charge is 2.28. The number of imidazole rings is 1. The van der Waals surface area contributed by atoms with Gasteiger partial charge in [0.2, 0.25) is 0 Å². The summed E-state index contributed by atoms with van der Waals surface area (Å²) < 4.78 is 13.6. The molecule has 2 unspecified atom stereocenters. The quantitative estimate of drug-likeness (QED) is 0.905. The number of nitrogens with zero attached hydrogens (tertiary/aromatic N) is 2. The number of para-hydroxylation sites is 1. The van der Waals surface area contributed by atoms with Gasteiger partial charge in [0.15, 0.2) is 5.82 Å². The molecule has 0 amide bonds. The molecule has 2 N–H and O–H groups in total. The monoisotopic (exact) mass is 277 g/mol. The third-order valence-corrected chi connectivity index (χ3v) is 4.28. The molecule has 1 aliphatic rings. The number of H-pyrrole nitrogens is 1. The molecular weight excluding hydrogens is 257 g/mol. The van der Waals surface area contributed by atoms with Crippen molar-refractivity contribution in [1.29, 1.82) is 0 Å². The fourth-order valence-electron chi connectivity index (χ4n) is 3.14. The van der Waals surface area contributed by atoms with Crippen LogP contribution in [0.4, 0.5) is 4.39 Å². The maximum absolute atomic E-state index is 13.6. The van der Waals surface area contributed by atoms with Crippen LogP contribution >= 0.6 is 0 Å². The average Bonchev–Trinajstić information content (AvgIpc) is 2.83. The molecule has 2 aromatic rings. The van der Waals surface area contributed by atoms with E-state index in [2.05, 4.69) is 21.8 Å². The first kappa shape index (κ1) is 13.5. The van der Waals surface area contributed by atoms with Crippen LogP contribution in [0.3, 0.4) is 0 Å². The molecule has 0 aliphatic carbocycles. The second-order valence-electron chi connectivity index (χ2n) is 5.66. The number of piperidine rings is 1. The highest BCUT2D eigenvalue weighted by atomic mass is 19.1. The van der Waals surface area contributed by atoms with Crippen molar-refractivity contribution in [3.05, 3.63) is 29.8 Å². The second-order valence-corrected chi connectivity index (χ2v) is 5.66. The molecule has 2 atom stereocenters. The van der Waals surface area contributed by atoms with Gasteiger partial charge in [-0.25, -0.2) is 9.37 Å². The predicted molar refractivity (Wildman–Crippen MR) is 75.7 cm³/mol. The minimum atomic E-state index is -0.296. The lowest BCUT2D eigenvalue weighted by Gasteiger charge is -2.38. The minimum Gasteiger partial charge on any atom is -0.395 e. The lowest BCUT2D eigenvalue weighted by molar-refractivity contribution is 0.0456. The number of likely N-dealkylation sites (tertiary alicyclic amines) is 1. The fourth-order valence-corrected chi connectivity index (χ4v) is 3.14. The molecule has 1 aromatic heterocycles. The van der Waals surface area contributed by atoms with Crippen LogP contribution in [-0.2, 0) is 6.54 Å². The number of aliphatic hydroxyl groups is 1. The van der Waals surface area contributed by atoms with Crippen molar-refractivity contribution in [2.24, 2.45) is 5.92 Å². The van der Waals surface area contributed by atoms with Gasteiger partial charge in [-0.05, 0) is 37.4 Å². The van der Waals surface area contributed by atoms with Crippen molar-refractivity contribution in [2.75, 3.05) is 13.2 Å². The van der Waals surface area contributed by atoms with Gasteiger partial charge in [-0.1, -0.05) is 13.0 Å². The Morgan fingerprint density at radius 2 is 2.35 bits per heavy atom. The molecule has 1 fully saturated rings. The van der Waals surface area contributed by atoms with E-state index in [0.717, 1.165) is 30.7 Å².